The average molecular weight is 537 g/mol. The van der Waals surface area contributed by atoms with E-state index in [1.165, 1.54) is 24.1 Å². The number of likely N-dealkylation sites (N-methyl/N-ethyl adjacent to an activating group) is 1. The van der Waals surface area contributed by atoms with Crippen LogP contribution in [0.1, 0.15) is 36.5 Å². The number of nitrogens with one attached hydrogen (secondary N) is 1. The number of carbonyl (C=O) groups is 3. The fourth-order valence-corrected chi connectivity index (χ4v) is 6.02. The van der Waals surface area contributed by atoms with Crippen LogP contribution in [0.25, 0.3) is 0 Å². The lowest BCUT2D eigenvalue weighted by molar-refractivity contribution is 0.0604. The quantitative estimate of drug-likeness (QED) is 0.434. The Balaban J connectivity index is 1.48. The van der Waals surface area contributed by atoms with Crippen molar-refractivity contribution in [3.8, 4) is 5.75 Å². The van der Waals surface area contributed by atoms with Crippen molar-refractivity contribution >= 4 is 35.3 Å². The van der Waals surface area contributed by atoms with Gasteiger partial charge in [0.2, 0.25) is 0 Å². The summed E-state index contributed by atoms with van der Waals surface area (Å²) in [6.07, 6.45) is 1.29. The summed E-state index contributed by atoms with van der Waals surface area (Å²) in [6.45, 7) is 7.38. The molecule has 3 aliphatic heterocycles. The lowest BCUT2D eigenvalue weighted by atomic mass is 9.84. The van der Waals surface area contributed by atoms with Crippen LogP contribution in [0.15, 0.2) is 12.1 Å². The number of nitrogens with two attached hydrogens (primary N) is 1. The Morgan fingerprint density at radius 3 is 2.59 bits per heavy atom. The normalized spacial score (nSPS) is 24.6. The number of ether oxygens (including phenoxy) is 1. The molecule has 1 aromatic rings. The average Bonchev–Trinajstić information content (AvgIpc) is 3.51. The molecular weight excluding hydrogens is 500 g/mol. The summed E-state index contributed by atoms with van der Waals surface area (Å²) in [6, 6.07) is 2.69. The minimum absolute atomic E-state index is 0.0742. The fraction of sp³-hybridized carbons (Fsp3) is 0.640. The molecule has 0 radical (unpaired) electrons. The van der Waals surface area contributed by atoms with Gasteiger partial charge in [-0.1, -0.05) is 11.6 Å². The second-order valence-electron chi connectivity index (χ2n) is 9.94. The van der Waals surface area contributed by atoms with Gasteiger partial charge >= 0.3 is 12.1 Å². The van der Waals surface area contributed by atoms with E-state index in [4.69, 9.17) is 22.1 Å². The van der Waals surface area contributed by atoms with Crippen LogP contribution in [0, 0.1) is 5.92 Å². The molecule has 3 heterocycles. The molecule has 11 nitrogen and oxygen atoms in total. The zero-order valence-electron chi connectivity index (χ0n) is 21.5. The molecule has 3 fully saturated rings. The Labute approximate surface area is 222 Å². The lowest BCUT2D eigenvalue weighted by Gasteiger charge is -2.43. The van der Waals surface area contributed by atoms with Crippen molar-refractivity contribution in [1.82, 2.24) is 24.9 Å². The van der Waals surface area contributed by atoms with Crippen LogP contribution in [0.2, 0.25) is 5.02 Å². The third kappa shape index (κ3) is 5.82. The number of benzene rings is 1. The summed E-state index contributed by atoms with van der Waals surface area (Å²) in [4.78, 5) is 45.3. The molecule has 4 rings (SSSR count). The number of urea groups is 1. The predicted octanol–water partition coefficient (Wildman–Crippen LogP) is 2.25. The number of nitrogens with zero attached hydrogens (tertiary/aromatic N) is 4. The van der Waals surface area contributed by atoms with Crippen molar-refractivity contribution in [2.45, 2.75) is 38.3 Å². The number of amides is 4. The Bertz CT molecular complexity index is 1030. The van der Waals surface area contributed by atoms with Gasteiger partial charge in [-0.05, 0) is 32.3 Å². The van der Waals surface area contributed by atoms with Gasteiger partial charge < -0.3 is 40.5 Å². The topological polar surface area (TPSA) is 132 Å². The maximum Gasteiger partial charge on any atom is 0.407 e. The highest BCUT2D eigenvalue weighted by Gasteiger charge is 2.42. The van der Waals surface area contributed by atoms with E-state index in [1.807, 2.05) is 16.7 Å². The Morgan fingerprint density at radius 2 is 1.92 bits per heavy atom. The number of piperidine rings is 1. The lowest BCUT2D eigenvalue weighted by Crippen LogP contribution is -2.58. The number of rotatable bonds is 8. The van der Waals surface area contributed by atoms with E-state index < -0.39 is 6.09 Å². The largest absolute Gasteiger partial charge is 0.496 e. The number of carbonyl (C=O) groups excluding carboxylic acids is 2. The van der Waals surface area contributed by atoms with Crippen molar-refractivity contribution in [1.29, 1.82) is 0 Å². The molecule has 3 saturated heterocycles. The molecule has 0 spiro atoms. The summed E-state index contributed by atoms with van der Waals surface area (Å²) >= 11 is 6.18. The van der Waals surface area contributed by atoms with Crippen LogP contribution in [0.5, 0.6) is 5.75 Å². The molecule has 0 saturated carbocycles. The number of nitrogen functional groups attached to an aromatic ring is 1. The van der Waals surface area contributed by atoms with Gasteiger partial charge in [-0.3, -0.25) is 4.79 Å². The molecule has 1 aromatic carbocycles. The minimum Gasteiger partial charge on any atom is -0.496 e. The zero-order chi connectivity index (χ0) is 26.7. The van der Waals surface area contributed by atoms with E-state index in [0.29, 0.717) is 50.6 Å². The molecule has 0 aliphatic carbocycles. The third-order valence-electron chi connectivity index (χ3n) is 7.91. The highest BCUT2D eigenvalue weighted by atomic mass is 35.5. The zero-order valence-corrected chi connectivity index (χ0v) is 22.2. The van der Waals surface area contributed by atoms with Crippen LogP contribution >= 0.6 is 11.6 Å². The number of hydrogen-bond donors (Lipinski definition) is 3. The Kier molecular flexibility index (Phi) is 8.53. The van der Waals surface area contributed by atoms with E-state index in [2.05, 4.69) is 10.2 Å². The highest BCUT2D eigenvalue weighted by Crippen LogP contribution is 2.33. The second kappa shape index (κ2) is 11.6. The first-order valence-corrected chi connectivity index (χ1v) is 13.3. The predicted molar refractivity (Wildman–Crippen MR) is 140 cm³/mol. The van der Waals surface area contributed by atoms with Gasteiger partial charge in [0, 0.05) is 76.4 Å². The summed E-state index contributed by atoms with van der Waals surface area (Å²) in [5.74, 6) is -0.0878. The van der Waals surface area contributed by atoms with Crippen LogP contribution in [-0.4, -0.2) is 114 Å². The first-order valence-electron chi connectivity index (χ1n) is 12.9. The monoisotopic (exact) mass is 536 g/mol. The van der Waals surface area contributed by atoms with Crippen molar-refractivity contribution in [3.05, 3.63) is 22.7 Å². The van der Waals surface area contributed by atoms with Gasteiger partial charge in [0.25, 0.3) is 5.91 Å². The standard InChI is InChI=1S/C25H37ClN6O5/c1-3-30-11-12-31(24(30)34)10-9-29-8-6-20(17(15-29)21-5-4-7-32(21)25(35)36)28-23(33)16-13-18(26)19(27)14-22(16)37-2/h13-14,17,20-21H,3-12,15,27H2,1-2H3,(H,28,33)(H,35,36)/t17-,20+,21?/m1/s1. The number of carboxylic acid groups (broad SMARTS) is 1. The van der Waals surface area contributed by atoms with Gasteiger partial charge in [0.15, 0.2) is 0 Å². The number of halogens is 1. The van der Waals surface area contributed by atoms with E-state index in [0.717, 1.165) is 32.5 Å². The molecule has 204 valence electrons. The number of anilines is 1. The molecule has 0 aromatic heterocycles. The Hall–Kier alpha value is -2.92. The molecule has 4 amide bonds. The molecule has 1 unspecified atom stereocenters. The van der Waals surface area contributed by atoms with Crippen molar-refractivity contribution in [3.63, 3.8) is 0 Å². The summed E-state index contributed by atoms with van der Waals surface area (Å²) in [5, 5.41) is 13.2. The Morgan fingerprint density at radius 1 is 1.16 bits per heavy atom. The summed E-state index contributed by atoms with van der Waals surface area (Å²) < 4.78 is 5.36. The molecule has 12 heteroatoms. The van der Waals surface area contributed by atoms with Crippen LogP contribution < -0.4 is 15.8 Å². The summed E-state index contributed by atoms with van der Waals surface area (Å²) in [5.41, 5.74) is 6.48. The number of methoxy groups -OCH3 is 1. The van der Waals surface area contributed by atoms with E-state index in [9.17, 15) is 19.5 Å². The van der Waals surface area contributed by atoms with Gasteiger partial charge in [-0.2, -0.15) is 0 Å². The van der Waals surface area contributed by atoms with Crippen LogP contribution in [0.3, 0.4) is 0 Å². The third-order valence-corrected chi connectivity index (χ3v) is 8.24. The minimum atomic E-state index is -0.931. The van der Waals surface area contributed by atoms with Crippen LogP contribution in [0.4, 0.5) is 15.3 Å². The second-order valence-corrected chi connectivity index (χ2v) is 10.3. The molecular formula is C25H37ClN6O5. The van der Waals surface area contributed by atoms with E-state index in [-0.39, 0.29) is 40.5 Å². The first kappa shape index (κ1) is 27.1. The van der Waals surface area contributed by atoms with Gasteiger partial charge in [0.1, 0.15) is 5.75 Å². The summed E-state index contributed by atoms with van der Waals surface area (Å²) in [7, 11) is 1.47. The first-order chi connectivity index (χ1) is 17.7. The highest BCUT2D eigenvalue weighted by molar-refractivity contribution is 6.33. The van der Waals surface area contributed by atoms with Crippen LogP contribution in [-0.2, 0) is 0 Å². The van der Waals surface area contributed by atoms with Gasteiger partial charge in [0.05, 0.1) is 23.4 Å². The maximum atomic E-state index is 13.3. The van der Waals surface area contributed by atoms with Gasteiger partial charge in [-0.15, -0.1) is 0 Å². The van der Waals surface area contributed by atoms with E-state index >= 15 is 0 Å². The fourth-order valence-electron chi connectivity index (χ4n) is 5.86. The molecule has 4 N–H and O–H groups in total. The van der Waals surface area contributed by atoms with Gasteiger partial charge in [-0.25, -0.2) is 9.59 Å². The molecule has 37 heavy (non-hydrogen) atoms. The molecule has 3 atom stereocenters. The maximum absolute atomic E-state index is 13.3. The smallest absolute Gasteiger partial charge is 0.407 e. The van der Waals surface area contributed by atoms with Crippen molar-refractivity contribution in [2.24, 2.45) is 5.92 Å². The molecule has 0 bridgehead atoms. The van der Waals surface area contributed by atoms with Crippen molar-refractivity contribution in [2.75, 3.05) is 65.2 Å². The van der Waals surface area contributed by atoms with E-state index in [1.54, 1.807) is 0 Å². The number of hydrogen-bond acceptors (Lipinski definition) is 6. The molecule has 3 aliphatic rings. The number of likely N-dealkylation sites (tertiary alicyclic amines) is 2. The van der Waals surface area contributed by atoms with Crippen molar-refractivity contribution < 1.29 is 24.2 Å². The SMILES string of the molecule is CCN1CCN(CCN2CC[C@H](NC(=O)c3cc(Cl)c(N)cc3OC)[C@H](C3CCCN3C(=O)O)C2)C1=O.